The first-order chi connectivity index (χ1) is 41.7. The molecule has 27 heteroatoms. The van der Waals surface area contributed by atoms with Gasteiger partial charge < -0.3 is 55.8 Å². The summed E-state index contributed by atoms with van der Waals surface area (Å²) < 4.78 is 6.32. The molecule has 0 saturated heterocycles. The van der Waals surface area contributed by atoms with Crippen molar-refractivity contribution < 1.29 is 89.0 Å². The van der Waals surface area contributed by atoms with Crippen molar-refractivity contribution >= 4 is 86.6 Å². The summed E-state index contributed by atoms with van der Waals surface area (Å²) in [6.07, 6.45) is 1.28. The molecule has 3 atom stereocenters. The number of allylic oxidation sites excluding steroid dienone is 3. The lowest BCUT2D eigenvalue weighted by molar-refractivity contribution is -0.416. The molecule has 0 fully saturated rings. The van der Waals surface area contributed by atoms with Gasteiger partial charge in [0.1, 0.15) is 0 Å². The van der Waals surface area contributed by atoms with Crippen LogP contribution in [0.4, 0.5) is 5.69 Å². The van der Waals surface area contributed by atoms with Crippen LogP contribution < -0.4 is 5.32 Å². The second kappa shape index (κ2) is 28.7. The van der Waals surface area contributed by atoms with Gasteiger partial charge in [-0.15, -0.1) is 0 Å². The third-order valence-corrected chi connectivity index (χ3v) is 16.2. The normalized spacial score (nSPS) is 16.6. The van der Waals surface area contributed by atoms with Gasteiger partial charge in [-0.2, -0.15) is 0 Å². The number of carbonyl (C=O) groups is 8. The molecule has 7 rings (SSSR count). The first-order valence-corrected chi connectivity index (χ1v) is 29.1. The molecule has 4 aliphatic rings. The summed E-state index contributed by atoms with van der Waals surface area (Å²) >= 11 is 0. The van der Waals surface area contributed by atoms with Crippen LogP contribution in [0, 0.1) is 6.92 Å². The maximum absolute atomic E-state index is 15.2. The third-order valence-electron chi connectivity index (χ3n) is 16.2. The zero-order chi connectivity index (χ0) is 64.5. The number of imide groups is 1. The van der Waals surface area contributed by atoms with E-state index in [1.54, 1.807) is 19.9 Å². The van der Waals surface area contributed by atoms with Crippen LogP contribution in [0.2, 0.25) is 0 Å². The van der Waals surface area contributed by atoms with Crippen molar-refractivity contribution in [2.45, 2.75) is 123 Å². The number of benzene rings is 1. The Labute approximate surface area is 506 Å². The van der Waals surface area contributed by atoms with Crippen LogP contribution in [0.3, 0.4) is 0 Å². The van der Waals surface area contributed by atoms with E-state index in [9.17, 15) is 74.6 Å². The van der Waals surface area contributed by atoms with E-state index < -0.39 is 128 Å². The molecule has 3 amide bonds. The fourth-order valence-corrected chi connectivity index (χ4v) is 11.7. The number of fused-ring (bicyclic) bond motifs is 8. The Morgan fingerprint density at radius 3 is 1.89 bits per heavy atom. The van der Waals surface area contributed by atoms with Gasteiger partial charge in [0, 0.05) is 62.0 Å². The average Bonchev–Trinajstić information content (AvgIpc) is 1.59. The zero-order valence-corrected chi connectivity index (χ0v) is 50.3. The fraction of sp³-hybridized carbons (Fsp3) is 0.475. The predicted molar refractivity (Wildman–Crippen MR) is 319 cm³/mol. The Kier molecular flexibility index (Phi) is 21.9. The number of unbranched alkanes of at least 4 members (excludes halogenated alkanes) is 2. The number of aryl methyl sites for hydroxylation is 1. The SMILES string of the molecule is CCCCOC(C)C1=C(C)c2cc3[nH]c(c4c5[nH]c(cc6nc(cc1n2)C(C)=C6CC)c(C)c5C(=O)N(CCCC)C4=O)[C@](CCC(=O)Nc1ccc(CC(CN(CCN(CC(=O)O)CC(=O)O)CC(=O)O)N(CC(=O)O)CC(=O)O)cc1)(OO)C3(O)O. The van der Waals surface area contributed by atoms with Gasteiger partial charge in [-0.1, -0.05) is 45.7 Å². The Balaban J connectivity index is 1.30. The summed E-state index contributed by atoms with van der Waals surface area (Å²) in [6, 6.07) is 9.94. The Hall–Kier alpha value is -8.28. The second-order valence-electron chi connectivity index (χ2n) is 22.4. The van der Waals surface area contributed by atoms with E-state index in [-0.39, 0.29) is 60.6 Å². The molecular weight excluding hydrogens is 1150 g/mol. The quantitative estimate of drug-likeness (QED) is 0.0122. The van der Waals surface area contributed by atoms with E-state index in [0.29, 0.717) is 70.7 Å². The van der Waals surface area contributed by atoms with Crippen LogP contribution in [-0.2, 0) is 56.2 Å². The molecule has 0 aliphatic carbocycles. The Morgan fingerprint density at radius 1 is 0.716 bits per heavy atom. The smallest absolute Gasteiger partial charge is 0.317 e. The maximum Gasteiger partial charge on any atom is 0.317 e. The van der Waals surface area contributed by atoms with E-state index in [0.717, 1.165) is 38.7 Å². The number of hydrogen-bond acceptors (Lipinski definition) is 18. The van der Waals surface area contributed by atoms with Crippen LogP contribution >= 0.6 is 0 Å². The highest BCUT2D eigenvalue weighted by atomic mass is 17.1. The number of hydrogen-bond donors (Lipinski definition) is 11. The lowest BCUT2D eigenvalue weighted by Gasteiger charge is -2.36. The second-order valence-corrected chi connectivity index (χ2v) is 22.4. The van der Waals surface area contributed by atoms with Crippen molar-refractivity contribution in [3.8, 4) is 0 Å². The number of ether oxygens (including phenoxy) is 1. The van der Waals surface area contributed by atoms with Gasteiger partial charge in [0.2, 0.25) is 17.3 Å². The number of nitrogens with one attached hydrogen (secondary N) is 3. The minimum Gasteiger partial charge on any atom is -0.480 e. The van der Waals surface area contributed by atoms with Gasteiger partial charge in [-0.3, -0.25) is 63.2 Å². The maximum atomic E-state index is 15.2. The summed E-state index contributed by atoms with van der Waals surface area (Å²) in [5.74, 6) is -12.3. The summed E-state index contributed by atoms with van der Waals surface area (Å²) in [5, 5.41) is 87.7. The highest BCUT2D eigenvalue weighted by Crippen LogP contribution is 2.51. The molecule has 2 unspecified atom stereocenters. The van der Waals surface area contributed by atoms with Gasteiger partial charge in [0.05, 0.1) is 89.6 Å². The highest BCUT2D eigenvalue weighted by Gasteiger charge is 2.61. The molecule has 8 bridgehead atoms. The van der Waals surface area contributed by atoms with Crippen molar-refractivity contribution in [3.05, 3.63) is 98.9 Å². The molecule has 27 nitrogen and oxygen atoms in total. The monoisotopic (exact) mass is 1220 g/mol. The van der Waals surface area contributed by atoms with Crippen molar-refractivity contribution in [1.82, 2.24) is 39.5 Å². The number of nitrogens with zero attached hydrogens (tertiary/aromatic N) is 6. The van der Waals surface area contributed by atoms with Crippen molar-refractivity contribution in [2.75, 3.05) is 70.8 Å². The lowest BCUT2D eigenvalue weighted by Crippen LogP contribution is -2.51. The molecule has 0 spiro atoms. The van der Waals surface area contributed by atoms with Crippen molar-refractivity contribution in [1.29, 1.82) is 0 Å². The molecule has 4 aliphatic heterocycles. The van der Waals surface area contributed by atoms with E-state index in [1.165, 1.54) is 35.2 Å². The molecule has 1 aromatic carbocycles. The minimum atomic E-state index is -3.29. The summed E-state index contributed by atoms with van der Waals surface area (Å²) in [4.78, 5) is 129. The Morgan fingerprint density at radius 2 is 1.30 bits per heavy atom. The van der Waals surface area contributed by atoms with E-state index in [2.05, 4.69) is 15.3 Å². The molecule has 2 aromatic heterocycles. The lowest BCUT2D eigenvalue weighted by atomic mass is 9.82. The topological polar surface area (TPSA) is 399 Å². The number of anilines is 1. The van der Waals surface area contributed by atoms with E-state index in [4.69, 9.17) is 19.6 Å². The molecule has 3 aromatic rings. The molecule has 11 N–H and O–H groups in total. The minimum absolute atomic E-state index is 0.0218. The number of carbonyl (C=O) groups excluding carboxylic acids is 3. The van der Waals surface area contributed by atoms with Gasteiger partial charge in [-0.25, -0.2) is 14.9 Å². The van der Waals surface area contributed by atoms with Gasteiger partial charge in [-0.05, 0) is 118 Å². The standard InChI is InChI=1S/C61H77N9O18/c1-8-11-19-70-58(82)54-35(6)42-24-44-40(10-3)33(4)41(63-44)25-45-53(36(7)87-22-12-9-2)34(5)43(64-45)26-46-61(84,85)60(88-86,57(66-46)55(59(70)83)56(54)65-42)18-17-47(71)62-38-15-13-37(14-16-38)23-39(69(31-51(78)79)32-52(80)81)27-67(28-48(72)73)20-21-68(29-49(74)75)30-50(76)77/h13-16,24-26,36,39,65-66,84-86H,8-12,17-23,27-32H2,1-7H3,(H,62,71)(H,72,73)(H,74,75)(H,76,77)(H,78,79)(H,80,81)/t36?,39?,60-/m0/s1. The highest BCUT2D eigenvalue weighted by molar-refractivity contribution is 6.23. The first-order valence-electron chi connectivity index (χ1n) is 29.1. The average molecular weight is 1220 g/mol. The third kappa shape index (κ3) is 14.8. The summed E-state index contributed by atoms with van der Waals surface area (Å²) in [5.41, 5.74) is 2.69. The molecule has 88 heavy (non-hydrogen) atoms. The van der Waals surface area contributed by atoms with Crippen molar-refractivity contribution in [3.63, 3.8) is 0 Å². The van der Waals surface area contributed by atoms with Gasteiger partial charge in [0.25, 0.3) is 11.8 Å². The Bertz CT molecular complexity index is 3460. The summed E-state index contributed by atoms with van der Waals surface area (Å²) in [6.45, 7) is 9.36. The number of aliphatic hydroxyl groups is 2. The predicted octanol–water partition coefficient (Wildman–Crippen LogP) is 5.40. The molecular formula is C61H77N9O18. The van der Waals surface area contributed by atoms with Gasteiger partial charge >= 0.3 is 29.8 Å². The molecule has 474 valence electrons. The number of aromatic amines is 2. The molecule has 0 saturated carbocycles. The van der Waals surface area contributed by atoms with E-state index >= 15 is 4.79 Å². The fourth-order valence-electron chi connectivity index (χ4n) is 11.7. The van der Waals surface area contributed by atoms with Crippen LogP contribution in [0.1, 0.15) is 152 Å². The van der Waals surface area contributed by atoms with Crippen LogP contribution in [0.5, 0.6) is 0 Å². The number of aliphatic carboxylic acids is 5. The number of aromatic nitrogens is 4. The summed E-state index contributed by atoms with van der Waals surface area (Å²) in [7, 11) is 0. The first kappa shape index (κ1) is 67.2. The van der Waals surface area contributed by atoms with Gasteiger partial charge in [0.15, 0.2) is 0 Å². The largest absolute Gasteiger partial charge is 0.480 e. The zero-order valence-electron chi connectivity index (χ0n) is 50.3. The molecule has 0 radical (unpaired) electrons. The molecule has 6 heterocycles. The van der Waals surface area contributed by atoms with Crippen LogP contribution in [0.25, 0.3) is 33.3 Å². The number of carboxylic acid groups (broad SMARTS) is 5. The number of rotatable bonds is 32. The van der Waals surface area contributed by atoms with E-state index in [1.807, 2.05) is 40.7 Å². The number of H-pyrrole nitrogens is 2. The number of amides is 3. The van der Waals surface area contributed by atoms with Crippen molar-refractivity contribution in [2.24, 2.45) is 0 Å². The van der Waals surface area contributed by atoms with Crippen LogP contribution in [0.15, 0.2) is 42.5 Å². The van der Waals surface area contributed by atoms with Crippen LogP contribution in [-0.4, -0.2) is 206 Å². The number of carboxylic acids is 5.